The van der Waals surface area contributed by atoms with E-state index in [2.05, 4.69) is 16.0 Å². The number of benzene rings is 2. The molecular formula is C27H23Cl3FN3O. The molecule has 1 amide bonds. The molecule has 180 valence electrons. The van der Waals surface area contributed by atoms with E-state index < -0.39 is 0 Å². The zero-order valence-corrected chi connectivity index (χ0v) is 21.1. The zero-order chi connectivity index (χ0) is 24.6. The summed E-state index contributed by atoms with van der Waals surface area (Å²) >= 11 is 18.3. The molecule has 3 aromatic rings. The fraction of sp³-hybridized carbons (Fsp3) is 0.259. The first-order valence-corrected chi connectivity index (χ1v) is 12.6. The van der Waals surface area contributed by atoms with Crippen LogP contribution in [0.3, 0.4) is 0 Å². The minimum absolute atomic E-state index is 0.149. The van der Waals surface area contributed by atoms with E-state index in [0.717, 1.165) is 49.3 Å². The molecule has 0 unspecified atom stereocenters. The Morgan fingerprint density at radius 2 is 1.86 bits per heavy atom. The highest BCUT2D eigenvalue weighted by atomic mass is 35.5. The summed E-state index contributed by atoms with van der Waals surface area (Å²) in [5.74, 6) is -0.432. The highest BCUT2D eigenvalue weighted by molar-refractivity contribution is 6.35. The van der Waals surface area contributed by atoms with E-state index in [4.69, 9.17) is 34.8 Å². The standard InChI is InChI=1S/C27H23Cl3FN3O/c28-20-4-3-18(23(29)15-20)2-1-11-33-12-8-27(9-13-33)17-34(24-6-5-21(31)16-22(24)27)26(35)19-7-10-32-25(30)14-19/h1-7,10,14-16H,8-9,11-13,17H2/b2-1+. The third-order valence-corrected chi connectivity index (χ3v) is 7.71. The molecule has 35 heavy (non-hydrogen) atoms. The number of likely N-dealkylation sites (tertiary alicyclic amines) is 1. The lowest BCUT2D eigenvalue weighted by atomic mass is 9.74. The molecule has 0 atom stereocenters. The minimum Gasteiger partial charge on any atom is -0.307 e. The Morgan fingerprint density at radius 3 is 2.60 bits per heavy atom. The first-order chi connectivity index (χ1) is 16.8. The molecular weight excluding hydrogens is 508 g/mol. The molecule has 0 saturated carbocycles. The first kappa shape index (κ1) is 24.3. The molecule has 1 saturated heterocycles. The van der Waals surface area contributed by atoms with E-state index in [1.54, 1.807) is 35.2 Å². The second kappa shape index (κ2) is 9.90. The number of anilines is 1. The van der Waals surface area contributed by atoms with Crippen molar-refractivity contribution in [2.24, 2.45) is 0 Å². The lowest BCUT2D eigenvalue weighted by Crippen LogP contribution is -2.46. The maximum absolute atomic E-state index is 14.3. The highest BCUT2D eigenvalue weighted by Crippen LogP contribution is 2.47. The van der Waals surface area contributed by atoms with Crippen LogP contribution in [-0.4, -0.2) is 42.0 Å². The van der Waals surface area contributed by atoms with E-state index in [-0.39, 0.29) is 22.3 Å². The van der Waals surface area contributed by atoms with Crippen LogP contribution in [-0.2, 0) is 5.41 Å². The lowest BCUT2D eigenvalue weighted by Gasteiger charge is -2.39. The minimum atomic E-state index is -0.283. The van der Waals surface area contributed by atoms with Gasteiger partial charge in [0, 0.05) is 46.0 Å². The predicted octanol–water partition coefficient (Wildman–Crippen LogP) is 6.89. The molecule has 0 radical (unpaired) electrons. The summed E-state index contributed by atoms with van der Waals surface area (Å²) < 4.78 is 14.3. The Bertz CT molecular complexity index is 1300. The molecule has 1 fully saturated rings. The summed E-state index contributed by atoms with van der Waals surface area (Å²) in [6, 6.07) is 13.4. The van der Waals surface area contributed by atoms with Crippen LogP contribution in [0.1, 0.15) is 34.3 Å². The molecule has 0 N–H and O–H groups in total. The Morgan fingerprint density at radius 1 is 1.06 bits per heavy atom. The zero-order valence-electron chi connectivity index (χ0n) is 18.9. The van der Waals surface area contributed by atoms with Crippen LogP contribution in [0, 0.1) is 5.82 Å². The molecule has 0 aliphatic carbocycles. The molecule has 8 heteroatoms. The fourth-order valence-corrected chi connectivity index (χ4v) is 5.72. The van der Waals surface area contributed by atoms with Gasteiger partial charge in [-0.15, -0.1) is 0 Å². The highest BCUT2D eigenvalue weighted by Gasteiger charge is 2.46. The summed E-state index contributed by atoms with van der Waals surface area (Å²) in [5.41, 5.74) is 2.81. The van der Waals surface area contributed by atoms with Gasteiger partial charge in [0.1, 0.15) is 11.0 Å². The van der Waals surface area contributed by atoms with E-state index in [9.17, 15) is 9.18 Å². The summed E-state index contributed by atoms with van der Waals surface area (Å²) in [7, 11) is 0. The molecule has 1 aromatic heterocycles. The van der Waals surface area contributed by atoms with Crippen molar-refractivity contribution in [3.63, 3.8) is 0 Å². The van der Waals surface area contributed by atoms with Crippen LogP contribution in [0.25, 0.3) is 6.08 Å². The van der Waals surface area contributed by atoms with Gasteiger partial charge in [0.05, 0.1) is 0 Å². The quantitative estimate of drug-likeness (QED) is 0.345. The maximum atomic E-state index is 14.3. The van der Waals surface area contributed by atoms with Crippen molar-refractivity contribution >= 4 is 52.5 Å². The van der Waals surface area contributed by atoms with Crippen molar-refractivity contribution in [3.05, 3.63) is 98.5 Å². The van der Waals surface area contributed by atoms with Crippen LogP contribution in [0.5, 0.6) is 0 Å². The molecule has 1 spiro atoms. The Kier molecular flexibility index (Phi) is 6.86. The van der Waals surface area contributed by atoms with Gasteiger partial charge in [-0.05, 0) is 79.5 Å². The number of pyridine rings is 1. The van der Waals surface area contributed by atoms with E-state index in [0.29, 0.717) is 22.2 Å². The van der Waals surface area contributed by atoms with Gasteiger partial charge in [-0.25, -0.2) is 9.37 Å². The number of nitrogens with zero attached hydrogens (tertiary/aromatic N) is 3. The number of fused-ring (bicyclic) bond motifs is 2. The van der Waals surface area contributed by atoms with Gasteiger partial charge in [-0.3, -0.25) is 9.69 Å². The van der Waals surface area contributed by atoms with Crippen molar-refractivity contribution in [2.75, 3.05) is 31.1 Å². The second-order valence-corrected chi connectivity index (χ2v) is 10.3. The van der Waals surface area contributed by atoms with Crippen LogP contribution in [0.15, 0.2) is 60.8 Å². The molecule has 2 aliphatic rings. The van der Waals surface area contributed by atoms with E-state index in [1.807, 2.05) is 18.2 Å². The van der Waals surface area contributed by atoms with Gasteiger partial charge < -0.3 is 4.90 Å². The lowest BCUT2D eigenvalue weighted by molar-refractivity contribution is 0.0977. The number of carbonyl (C=O) groups is 1. The normalized spacial score (nSPS) is 17.3. The monoisotopic (exact) mass is 529 g/mol. The SMILES string of the molecule is O=C(c1ccnc(Cl)c1)N1CC2(CCN(C/C=C/c3ccc(Cl)cc3Cl)CC2)c2cc(F)ccc21. The number of rotatable bonds is 4. The number of aromatic nitrogens is 1. The Hall–Kier alpha value is -2.44. The molecule has 2 aromatic carbocycles. The molecule has 4 nitrogen and oxygen atoms in total. The molecule has 3 heterocycles. The van der Waals surface area contributed by atoms with Crippen LogP contribution in [0.2, 0.25) is 15.2 Å². The second-order valence-electron chi connectivity index (χ2n) is 9.07. The Balaban J connectivity index is 1.31. The number of carbonyl (C=O) groups excluding carboxylic acids is 1. The van der Waals surface area contributed by atoms with Crippen molar-refractivity contribution in [1.82, 2.24) is 9.88 Å². The smallest absolute Gasteiger partial charge is 0.258 e. The average Bonchev–Trinajstić information content (AvgIpc) is 3.14. The van der Waals surface area contributed by atoms with Crippen molar-refractivity contribution < 1.29 is 9.18 Å². The maximum Gasteiger partial charge on any atom is 0.258 e. The Labute approximate surface area is 218 Å². The third-order valence-electron chi connectivity index (χ3n) is 6.94. The van der Waals surface area contributed by atoms with Crippen LogP contribution in [0.4, 0.5) is 10.1 Å². The average molecular weight is 531 g/mol. The van der Waals surface area contributed by atoms with E-state index >= 15 is 0 Å². The number of piperidine rings is 1. The molecule has 2 aliphatic heterocycles. The molecule has 0 bridgehead atoms. The fourth-order valence-electron chi connectivity index (χ4n) is 5.07. The third kappa shape index (κ3) is 4.96. The summed E-state index contributed by atoms with van der Waals surface area (Å²) in [6.45, 7) is 2.99. The summed E-state index contributed by atoms with van der Waals surface area (Å²) in [6.07, 6.45) is 7.29. The van der Waals surface area contributed by atoms with Crippen LogP contribution >= 0.6 is 34.8 Å². The topological polar surface area (TPSA) is 36.4 Å². The first-order valence-electron chi connectivity index (χ1n) is 11.4. The molecule has 5 rings (SSSR count). The van der Waals surface area contributed by atoms with Gasteiger partial charge in [-0.2, -0.15) is 0 Å². The number of halogens is 4. The predicted molar refractivity (Wildman–Crippen MR) is 140 cm³/mol. The van der Waals surface area contributed by atoms with Gasteiger partial charge >= 0.3 is 0 Å². The summed E-state index contributed by atoms with van der Waals surface area (Å²) in [4.78, 5) is 21.5. The number of hydrogen-bond donors (Lipinski definition) is 0. The van der Waals surface area contributed by atoms with Crippen molar-refractivity contribution in [1.29, 1.82) is 0 Å². The van der Waals surface area contributed by atoms with Crippen molar-refractivity contribution in [2.45, 2.75) is 18.3 Å². The van der Waals surface area contributed by atoms with Gasteiger partial charge in [-0.1, -0.05) is 53.0 Å². The van der Waals surface area contributed by atoms with Gasteiger partial charge in [0.15, 0.2) is 0 Å². The van der Waals surface area contributed by atoms with E-state index in [1.165, 1.54) is 12.3 Å². The van der Waals surface area contributed by atoms with Crippen molar-refractivity contribution in [3.8, 4) is 0 Å². The number of amides is 1. The van der Waals surface area contributed by atoms with Crippen LogP contribution < -0.4 is 4.90 Å². The number of hydrogen-bond acceptors (Lipinski definition) is 3. The van der Waals surface area contributed by atoms with Gasteiger partial charge in [0.25, 0.3) is 5.91 Å². The largest absolute Gasteiger partial charge is 0.307 e. The van der Waals surface area contributed by atoms with Gasteiger partial charge in [0.2, 0.25) is 0 Å². The summed E-state index contributed by atoms with van der Waals surface area (Å²) in [5, 5.41) is 1.50.